The van der Waals surface area contributed by atoms with E-state index < -0.39 is 5.41 Å². The molecule has 2 aromatic heterocycles. The number of hydrogen-bond donors (Lipinski definition) is 0. The van der Waals surface area contributed by atoms with Crippen LogP contribution in [-0.2, 0) is 10.8 Å². The van der Waals surface area contributed by atoms with Crippen LogP contribution in [0.15, 0.2) is 52.3 Å². The van der Waals surface area contributed by atoms with Crippen LogP contribution in [0.1, 0.15) is 45.9 Å². The standard InChI is InChI=1S/C21H25N7O/c1-20(2,3)17-18(29)28(19-24-22-13-27(19)25-17)23-12-11-16-21(4,5)14-9-7-8-10-15(14)26(16)6/h7-13H,1-6H3/b16-11-,23-12-. The Bertz CT molecular complexity index is 1210. The summed E-state index contributed by atoms with van der Waals surface area (Å²) in [7, 11) is 2.04. The van der Waals surface area contributed by atoms with Crippen LogP contribution in [0.3, 0.4) is 0 Å². The summed E-state index contributed by atoms with van der Waals surface area (Å²) >= 11 is 0. The lowest BCUT2D eigenvalue weighted by Crippen LogP contribution is -2.33. The molecule has 0 N–H and O–H groups in total. The van der Waals surface area contributed by atoms with E-state index in [1.165, 1.54) is 26.8 Å². The van der Waals surface area contributed by atoms with E-state index in [2.05, 4.69) is 57.3 Å². The van der Waals surface area contributed by atoms with Crippen molar-refractivity contribution in [3.8, 4) is 0 Å². The molecule has 0 fully saturated rings. The highest BCUT2D eigenvalue weighted by Gasteiger charge is 2.37. The normalized spacial score (nSPS) is 17.6. The molecule has 1 aliphatic rings. The smallest absolute Gasteiger partial charge is 0.298 e. The average Bonchev–Trinajstić information content (AvgIpc) is 3.19. The predicted octanol–water partition coefficient (Wildman–Crippen LogP) is 2.73. The van der Waals surface area contributed by atoms with Crippen LogP contribution >= 0.6 is 0 Å². The Labute approximate surface area is 169 Å². The fourth-order valence-electron chi connectivity index (χ4n) is 3.82. The van der Waals surface area contributed by atoms with Gasteiger partial charge < -0.3 is 4.90 Å². The maximum absolute atomic E-state index is 13.0. The van der Waals surface area contributed by atoms with Crippen LogP contribution in [0.2, 0.25) is 0 Å². The van der Waals surface area contributed by atoms with E-state index in [4.69, 9.17) is 0 Å². The fourth-order valence-corrected chi connectivity index (χ4v) is 3.82. The van der Waals surface area contributed by atoms with Gasteiger partial charge in [-0.05, 0) is 17.7 Å². The van der Waals surface area contributed by atoms with Gasteiger partial charge in [-0.15, -0.1) is 10.2 Å². The largest absolute Gasteiger partial charge is 0.347 e. The second kappa shape index (κ2) is 6.37. The van der Waals surface area contributed by atoms with Crippen molar-refractivity contribution in [1.82, 2.24) is 24.5 Å². The zero-order valence-electron chi connectivity index (χ0n) is 17.6. The number of likely N-dealkylation sites (N-methyl/N-ethyl adjacent to an activating group) is 1. The SMILES string of the molecule is CN1/C(=C\C=N/n2c(=O)c(C(C)(C)C)nn3cnnc23)C(C)(C)c2ccccc21. The van der Waals surface area contributed by atoms with E-state index in [-0.39, 0.29) is 16.8 Å². The van der Waals surface area contributed by atoms with Crippen LogP contribution in [0.5, 0.6) is 0 Å². The Morgan fingerprint density at radius 1 is 1.17 bits per heavy atom. The number of fused-ring (bicyclic) bond motifs is 2. The summed E-state index contributed by atoms with van der Waals surface area (Å²) in [6.07, 6.45) is 5.05. The second-order valence-electron chi connectivity index (χ2n) is 8.81. The summed E-state index contributed by atoms with van der Waals surface area (Å²) < 4.78 is 2.74. The molecule has 29 heavy (non-hydrogen) atoms. The predicted molar refractivity (Wildman–Crippen MR) is 114 cm³/mol. The number of para-hydroxylation sites is 1. The van der Waals surface area contributed by atoms with Crippen molar-refractivity contribution in [1.29, 1.82) is 0 Å². The molecule has 0 amide bonds. The molecule has 0 bridgehead atoms. The number of hydrogen-bond acceptors (Lipinski definition) is 6. The maximum atomic E-state index is 13.0. The molecule has 1 aliphatic heterocycles. The zero-order valence-corrected chi connectivity index (χ0v) is 17.6. The number of rotatable bonds is 2. The van der Waals surface area contributed by atoms with Crippen LogP contribution in [-0.4, -0.2) is 37.7 Å². The monoisotopic (exact) mass is 391 g/mol. The van der Waals surface area contributed by atoms with Crippen molar-refractivity contribution in [3.05, 3.63) is 64.0 Å². The van der Waals surface area contributed by atoms with Gasteiger partial charge in [-0.2, -0.15) is 19.4 Å². The molecule has 0 saturated carbocycles. The minimum atomic E-state index is -0.430. The minimum absolute atomic E-state index is 0.165. The van der Waals surface area contributed by atoms with Crippen LogP contribution in [0.25, 0.3) is 5.78 Å². The quantitative estimate of drug-likeness (QED) is 0.628. The molecule has 0 unspecified atom stereocenters. The van der Waals surface area contributed by atoms with E-state index in [0.717, 1.165) is 5.70 Å². The van der Waals surface area contributed by atoms with E-state index in [1.807, 2.05) is 40.0 Å². The van der Waals surface area contributed by atoms with Gasteiger partial charge in [0.05, 0.1) is 0 Å². The molecule has 0 saturated heterocycles. The van der Waals surface area contributed by atoms with Gasteiger partial charge in [-0.1, -0.05) is 52.8 Å². The van der Waals surface area contributed by atoms with Crippen molar-refractivity contribution >= 4 is 17.7 Å². The lowest BCUT2D eigenvalue weighted by molar-refractivity contribution is 0.529. The van der Waals surface area contributed by atoms with E-state index in [0.29, 0.717) is 5.69 Å². The Morgan fingerprint density at radius 3 is 2.59 bits per heavy atom. The van der Waals surface area contributed by atoms with E-state index >= 15 is 0 Å². The molecule has 0 radical (unpaired) electrons. The number of allylic oxidation sites excluding steroid dienone is 2. The Hall–Kier alpha value is -3.29. The summed E-state index contributed by atoms with van der Waals surface area (Å²) in [5.41, 5.74) is 3.04. The number of benzene rings is 1. The van der Waals surface area contributed by atoms with E-state index in [1.54, 1.807) is 6.21 Å². The second-order valence-corrected chi connectivity index (χ2v) is 8.81. The first-order valence-corrected chi connectivity index (χ1v) is 9.54. The first-order chi connectivity index (χ1) is 13.6. The topological polar surface area (TPSA) is 80.7 Å². The highest BCUT2D eigenvalue weighted by Crippen LogP contribution is 2.46. The summed E-state index contributed by atoms with van der Waals surface area (Å²) in [5, 5.41) is 16.7. The first-order valence-electron chi connectivity index (χ1n) is 9.54. The third-order valence-corrected chi connectivity index (χ3v) is 5.37. The Morgan fingerprint density at radius 2 is 1.90 bits per heavy atom. The number of aromatic nitrogens is 5. The molecule has 0 aliphatic carbocycles. The molecule has 4 rings (SSSR count). The molecule has 3 heterocycles. The summed E-state index contributed by atoms with van der Waals surface area (Å²) in [6.45, 7) is 10.2. The molecule has 1 aromatic carbocycles. The van der Waals surface area contributed by atoms with Crippen molar-refractivity contribution < 1.29 is 0 Å². The summed E-state index contributed by atoms with van der Waals surface area (Å²) in [4.78, 5) is 15.2. The molecule has 8 heteroatoms. The van der Waals surface area contributed by atoms with Gasteiger partial charge in [0.25, 0.3) is 11.3 Å². The molecule has 150 valence electrons. The van der Waals surface area contributed by atoms with Crippen LogP contribution in [0, 0.1) is 0 Å². The Kier molecular flexibility index (Phi) is 4.18. The third kappa shape index (κ3) is 2.95. The van der Waals surface area contributed by atoms with Crippen molar-refractivity contribution in [2.24, 2.45) is 5.10 Å². The first kappa shape index (κ1) is 19.0. The molecule has 8 nitrogen and oxygen atoms in total. The Balaban J connectivity index is 1.80. The van der Waals surface area contributed by atoms with Crippen LogP contribution in [0.4, 0.5) is 5.69 Å². The third-order valence-electron chi connectivity index (χ3n) is 5.37. The lowest BCUT2D eigenvalue weighted by Gasteiger charge is -2.23. The van der Waals surface area contributed by atoms with Gasteiger partial charge >= 0.3 is 0 Å². The molecule has 0 atom stereocenters. The van der Waals surface area contributed by atoms with Gasteiger partial charge in [0.15, 0.2) is 0 Å². The van der Waals surface area contributed by atoms with Gasteiger partial charge in [0, 0.05) is 35.5 Å². The lowest BCUT2D eigenvalue weighted by atomic mass is 9.84. The molecular formula is C21H25N7O. The fraction of sp³-hybridized carbons (Fsp3) is 0.381. The molecular weight excluding hydrogens is 366 g/mol. The van der Waals surface area contributed by atoms with Crippen LogP contribution < -0.4 is 10.5 Å². The van der Waals surface area contributed by atoms with Gasteiger partial charge in [-0.25, -0.2) is 0 Å². The van der Waals surface area contributed by atoms with Crippen molar-refractivity contribution in [2.45, 2.75) is 45.4 Å². The highest BCUT2D eigenvalue weighted by atomic mass is 16.1. The van der Waals surface area contributed by atoms with Crippen molar-refractivity contribution in [2.75, 3.05) is 11.9 Å². The molecule has 3 aromatic rings. The zero-order chi connectivity index (χ0) is 21.0. The van der Waals surface area contributed by atoms with Gasteiger partial charge in [-0.3, -0.25) is 4.79 Å². The van der Waals surface area contributed by atoms with E-state index in [9.17, 15) is 4.79 Å². The highest BCUT2D eigenvalue weighted by molar-refractivity contribution is 5.79. The van der Waals surface area contributed by atoms with Gasteiger partial charge in [0.1, 0.15) is 12.0 Å². The number of nitrogens with zero attached hydrogens (tertiary/aromatic N) is 7. The molecule has 0 spiro atoms. The maximum Gasteiger partial charge on any atom is 0.298 e. The summed E-state index contributed by atoms with van der Waals surface area (Å²) in [5.74, 6) is 0.278. The number of anilines is 1. The van der Waals surface area contributed by atoms with Gasteiger partial charge in [0.2, 0.25) is 0 Å². The minimum Gasteiger partial charge on any atom is -0.347 e. The average molecular weight is 391 g/mol. The summed E-state index contributed by atoms with van der Waals surface area (Å²) in [6, 6.07) is 8.34. The van der Waals surface area contributed by atoms with Crippen molar-refractivity contribution in [3.63, 3.8) is 0 Å².